The summed E-state index contributed by atoms with van der Waals surface area (Å²) in [5.74, 6) is 0. The minimum absolute atomic E-state index is 0.734. The van der Waals surface area contributed by atoms with Crippen LogP contribution in [-0.4, -0.2) is 29.8 Å². The van der Waals surface area contributed by atoms with Crippen molar-refractivity contribution in [3.8, 4) is 5.69 Å². The van der Waals surface area contributed by atoms with Crippen molar-refractivity contribution >= 4 is 0 Å². The van der Waals surface area contributed by atoms with Crippen LogP contribution in [0.3, 0.4) is 0 Å². The van der Waals surface area contributed by atoms with Crippen molar-refractivity contribution in [2.45, 2.75) is 6.54 Å². The minimum atomic E-state index is 0.734. The maximum atomic E-state index is 4.05. The Hall–Kier alpha value is -2.50. The summed E-state index contributed by atoms with van der Waals surface area (Å²) in [5, 5.41) is 11.7. The number of nitrogens with zero attached hydrogens (tertiary/aromatic N) is 6. The first-order chi connectivity index (χ1) is 8.43. The zero-order valence-electron chi connectivity index (χ0n) is 9.01. The summed E-state index contributed by atoms with van der Waals surface area (Å²) >= 11 is 0. The fourth-order valence-corrected chi connectivity index (χ4v) is 1.69. The lowest BCUT2D eigenvalue weighted by atomic mass is 10.2. The molecule has 17 heavy (non-hydrogen) atoms. The van der Waals surface area contributed by atoms with Crippen molar-refractivity contribution in [2.75, 3.05) is 0 Å². The number of para-hydroxylation sites is 1. The van der Waals surface area contributed by atoms with E-state index in [0.29, 0.717) is 0 Å². The first kappa shape index (κ1) is 9.71. The van der Waals surface area contributed by atoms with Crippen molar-refractivity contribution in [3.63, 3.8) is 0 Å². The zero-order valence-corrected chi connectivity index (χ0v) is 9.01. The molecule has 0 saturated carbocycles. The highest BCUT2D eigenvalue weighted by molar-refractivity contribution is 5.39. The highest BCUT2D eigenvalue weighted by Crippen LogP contribution is 2.13. The maximum Gasteiger partial charge on any atom is 0.162 e. The summed E-state index contributed by atoms with van der Waals surface area (Å²) in [7, 11) is 0. The number of hydrogen-bond acceptors (Lipinski definition) is 4. The van der Waals surface area contributed by atoms with Crippen LogP contribution in [0.25, 0.3) is 5.69 Å². The summed E-state index contributed by atoms with van der Waals surface area (Å²) < 4.78 is 2.00. The predicted molar refractivity (Wildman–Crippen MR) is 60.5 cm³/mol. The van der Waals surface area contributed by atoms with E-state index < -0.39 is 0 Å². The molecule has 0 aliphatic carbocycles. The van der Waals surface area contributed by atoms with Gasteiger partial charge in [-0.2, -0.15) is 0 Å². The van der Waals surface area contributed by atoms with Crippen LogP contribution < -0.4 is 0 Å². The van der Waals surface area contributed by atoms with Crippen molar-refractivity contribution in [1.29, 1.82) is 0 Å². The van der Waals surface area contributed by atoms with Gasteiger partial charge in [0.15, 0.2) is 6.33 Å². The van der Waals surface area contributed by atoms with Gasteiger partial charge < -0.3 is 4.57 Å². The third kappa shape index (κ3) is 1.92. The van der Waals surface area contributed by atoms with Gasteiger partial charge in [0.25, 0.3) is 0 Å². The van der Waals surface area contributed by atoms with Gasteiger partial charge in [0, 0.05) is 12.4 Å². The molecule has 1 aromatic carbocycles. The highest BCUT2D eigenvalue weighted by atomic mass is 15.6. The van der Waals surface area contributed by atoms with E-state index in [9.17, 15) is 0 Å². The Kier molecular flexibility index (Phi) is 2.38. The molecule has 6 heteroatoms. The summed E-state index contributed by atoms with van der Waals surface area (Å²) in [5.41, 5.74) is 2.04. The van der Waals surface area contributed by atoms with E-state index >= 15 is 0 Å². The van der Waals surface area contributed by atoms with Gasteiger partial charge >= 0.3 is 0 Å². The Morgan fingerprint density at radius 2 is 2.12 bits per heavy atom. The van der Waals surface area contributed by atoms with Crippen LogP contribution in [0.4, 0.5) is 0 Å². The summed E-state index contributed by atoms with van der Waals surface area (Å²) in [6.45, 7) is 0.734. The van der Waals surface area contributed by atoms with E-state index in [1.54, 1.807) is 12.5 Å². The van der Waals surface area contributed by atoms with Crippen LogP contribution in [0.2, 0.25) is 0 Å². The number of tetrazole rings is 1. The highest BCUT2D eigenvalue weighted by Gasteiger charge is 2.05. The molecule has 0 radical (unpaired) electrons. The van der Waals surface area contributed by atoms with Crippen LogP contribution in [0.5, 0.6) is 0 Å². The van der Waals surface area contributed by atoms with Crippen molar-refractivity contribution in [1.82, 2.24) is 29.8 Å². The summed E-state index contributed by atoms with van der Waals surface area (Å²) in [6, 6.07) is 7.95. The number of hydrogen-bond donors (Lipinski definition) is 0. The largest absolute Gasteiger partial charge is 0.333 e. The monoisotopic (exact) mass is 226 g/mol. The van der Waals surface area contributed by atoms with Crippen LogP contribution >= 0.6 is 0 Å². The van der Waals surface area contributed by atoms with E-state index in [2.05, 4.69) is 20.4 Å². The van der Waals surface area contributed by atoms with Crippen LogP contribution in [0.15, 0.2) is 49.3 Å². The van der Waals surface area contributed by atoms with Crippen LogP contribution in [0, 0.1) is 0 Å². The third-order valence-electron chi connectivity index (χ3n) is 2.47. The molecule has 0 N–H and O–H groups in total. The summed E-state index contributed by atoms with van der Waals surface area (Å²) in [6.07, 6.45) is 6.89. The number of benzene rings is 1. The van der Waals surface area contributed by atoms with E-state index in [4.69, 9.17) is 0 Å². The van der Waals surface area contributed by atoms with Gasteiger partial charge in [0.2, 0.25) is 0 Å². The van der Waals surface area contributed by atoms with E-state index in [0.717, 1.165) is 17.8 Å². The number of aromatic nitrogens is 6. The molecule has 2 heterocycles. The Bertz CT molecular complexity index is 584. The standard InChI is InChI=1S/C11H10N6/c1-2-4-11(17-14-8-13-15-17)10(3-1)7-16-6-5-12-9-16/h1-6,8-9H,7H2. The molecule has 0 unspecified atom stereocenters. The molecule has 0 aliphatic rings. The fourth-order valence-electron chi connectivity index (χ4n) is 1.69. The third-order valence-corrected chi connectivity index (χ3v) is 2.47. The Morgan fingerprint density at radius 3 is 2.88 bits per heavy atom. The van der Waals surface area contributed by atoms with Crippen LogP contribution in [-0.2, 0) is 6.54 Å². The average Bonchev–Trinajstić information content (AvgIpc) is 3.01. The molecular weight excluding hydrogens is 216 g/mol. The average molecular weight is 226 g/mol. The number of imidazole rings is 1. The van der Waals surface area contributed by atoms with Crippen molar-refractivity contribution in [3.05, 3.63) is 54.9 Å². The quantitative estimate of drug-likeness (QED) is 0.666. The Labute approximate surface area is 97.5 Å². The Balaban J connectivity index is 1.99. The van der Waals surface area contributed by atoms with Gasteiger partial charge in [-0.1, -0.05) is 18.2 Å². The second-order valence-electron chi connectivity index (χ2n) is 3.59. The summed E-state index contributed by atoms with van der Waals surface area (Å²) in [4.78, 5) is 5.54. The topological polar surface area (TPSA) is 61.4 Å². The lowest BCUT2D eigenvalue weighted by molar-refractivity contribution is 0.698. The van der Waals surface area contributed by atoms with Gasteiger partial charge in [-0.3, -0.25) is 0 Å². The second kappa shape index (κ2) is 4.17. The lowest BCUT2D eigenvalue weighted by Gasteiger charge is -2.07. The van der Waals surface area contributed by atoms with E-state index in [-0.39, 0.29) is 0 Å². The number of rotatable bonds is 3. The first-order valence-corrected chi connectivity index (χ1v) is 5.20. The molecular formula is C11H10N6. The molecule has 0 bridgehead atoms. The maximum absolute atomic E-state index is 4.05. The van der Waals surface area contributed by atoms with Crippen molar-refractivity contribution < 1.29 is 0 Å². The molecule has 84 valence electrons. The minimum Gasteiger partial charge on any atom is -0.333 e. The normalized spacial score (nSPS) is 10.6. The molecule has 3 rings (SSSR count). The molecule has 0 aliphatic heterocycles. The smallest absolute Gasteiger partial charge is 0.162 e. The SMILES string of the molecule is c1ccc(-n2ncnn2)c(Cn2ccnc2)c1. The molecule has 0 fully saturated rings. The van der Waals surface area contributed by atoms with Gasteiger partial charge in [-0.05, 0) is 16.8 Å². The predicted octanol–water partition coefficient (Wildman–Crippen LogP) is 0.907. The molecule has 6 nitrogen and oxygen atoms in total. The molecule has 3 aromatic rings. The zero-order chi connectivity index (χ0) is 11.5. The molecule has 0 amide bonds. The second-order valence-corrected chi connectivity index (χ2v) is 3.59. The molecule has 2 aromatic heterocycles. The van der Waals surface area contributed by atoms with Crippen molar-refractivity contribution in [2.24, 2.45) is 0 Å². The van der Waals surface area contributed by atoms with Crippen LogP contribution in [0.1, 0.15) is 5.56 Å². The molecule has 0 saturated heterocycles. The van der Waals surface area contributed by atoms with Gasteiger partial charge in [-0.15, -0.1) is 15.0 Å². The molecule has 0 spiro atoms. The van der Waals surface area contributed by atoms with E-state index in [1.165, 1.54) is 11.1 Å². The lowest BCUT2D eigenvalue weighted by Crippen LogP contribution is -2.06. The van der Waals surface area contributed by atoms with Gasteiger partial charge in [-0.25, -0.2) is 4.98 Å². The van der Waals surface area contributed by atoms with Gasteiger partial charge in [0.05, 0.1) is 18.6 Å². The molecule has 0 atom stereocenters. The fraction of sp³-hybridized carbons (Fsp3) is 0.0909. The van der Waals surface area contributed by atoms with E-state index in [1.807, 2.05) is 35.0 Å². The first-order valence-electron chi connectivity index (χ1n) is 5.20. The Morgan fingerprint density at radius 1 is 1.18 bits per heavy atom. The van der Waals surface area contributed by atoms with Gasteiger partial charge in [0.1, 0.15) is 0 Å².